The average Bonchev–Trinajstić information content (AvgIpc) is 3.21. The second kappa shape index (κ2) is 6.87. The molecule has 1 saturated carbocycles. The third-order valence-corrected chi connectivity index (χ3v) is 6.62. The van der Waals surface area contributed by atoms with Crippen LogP contribution in [-0.4, -0.2) is 32.8 Å². The highest BCUT2D eigenvalue weighted by atomic mass is 32.1. The van der Waals surface area contributed by atoms with Crippen molar-refractivity contribution in [1.82, 2.24) is 14.6 Å². The third kappa shape index (κ3) is 3.46. The highest BCUT2D eigenvalue weighted by molar-refractivity contribution is 7.20. The Bertz CT molecular complexity index is 892. The molecule has 1 spiro atoms. The molecule has 7 heteroatoms. The van der Waals surface area contributed by atoms with E-state index in [1.54, 1.807) is 28.0 Å². The van der Waals surface area contributed by atoms with Crippen molar-refractivity contribution in [2.24, 2.45) is 0 Å². The molecular weight excluding hydrogens is 363 g/mol. The number of hydrogen-bond acceptors (Lipinski definition) is 5. The monoisotopic (exact) mass is 386 g/mol. The Balaban J connectivity index is 1.31. The molecule has 1 atom stereocenters. The summed E-state index contributed by atoms with van der Waals surface area (Å²) in [6.45, 7) is 0.828. The second-order valence-electron chi connectivity index (χ2n) is 7.69. The zero-order valence-corrected chi connectivity index (χ0v) is 16.0. The summed E-state index contributed by atoms with van der Waals surface area (Å²) < 4.78 is 21.1. The Labute approximate surface area is 161 Å². The van der Waals surface area contributed by atoms with Gasteiger partial charge in [-0.3, -0.25) is 0 Å². The van der Waals surface area contributed by atoms with Gasteiger partial charge in [-0.1, -0.05) is 30.6 Å². The van der Waals surface area contributed by atoms with Gasteiger partial charge in [0.25, 0.3) is 0 Å². The number of fused-ring (bicyclic) bond motifs is 1. The van der Waals surface area contributed by atoms with E-state index in [-0.39, 0.29) is 11.4 Å². The molecule has 0 radical (unpaired) electrons. The van der Waals surface area contributed by atoms with E-state index in [4.69, 9.17) is 4.74 Å². The van der Waals surface area contributed by atoms with Gasteiger partial charge >= 0.3 is 0 Å². The summed E-state index contributed by atoms with van der Waals surface area (Å²) >= 11 is 1.56. The van der Waals surface area contributed by atoms with Gasteiger partial charge in [0.2, 0.25) is 10.1 Å². The summed E-state index contributed by atoms with van der Waals surface area (Å²) in [6, 6.07) is 6.80. The minimum absolute atomic E-state index is 0.0847. The van der Waals surface area contributed by atoms with E-state index in [0.29, 0.717) is 6.04 Å². The number of rotatable bonds is 3. The number of nitrogens with one attached hydrogen (secondary N) is 1. The number of benzene rings is 1. The molecule has 1 saturated heterocycles. The van der Waals surface area contributed by atoms with Crippen LogP contribution in [0.25, 0.3) is 16.2 Å². The maximum absolute atomic E-state index is 13.1. The first-order chi connectivity index (χ1) is 13.2. The number of imidazole rings is 1. The first-order valence-corrected chi connectivity index (χ1v) is 10.5. The fourth-order valence-electron chi connectivity index (χ4n) is 4.39. The maximum atomic E-state index is 13.1. The van der Waals surface area contributed by atoms with Gasteiger partial charge in [0.05, 0.1) is 17.5 Å². The van der Waals surface area contributed by atoms with E-state index < -0.39 is 0 Å². The summed E-state index contributed by atoms with van der Waals surface area (Å²) in [6.07, 6.45) is 10.3. The Morgan fingerprint density at radius 2 is 2.00 bits per heavy atom. The predicted molar refractivity (Wildman–Crippen MR) is 105 cm³/mol. The molecule has 5 nitrogen and oxygen atoms in total. The smallest absolute Gasteiger partial charge is 0.214 e. The van der Waals surface area contributed by atoms with Gasteiger partial charge < -0.3 is 10.1 Å². The minimum Gasteiger partial charge on any atom is -0.375 e. The van der Waals surface area contributed by atoms with Gasteiger partial charge in [-0.25, -0.2) is 13.9 Å². The van der Waals surface area contributed by atoms with Crippen LogP contribution < -0.4 is 5.32 Å². The first kappa shape index (κ1) is 17.1. The first-order valence-electron chi connectivity index (χ1n) is 9.72. The lowest BCUT2D eigenvalue weighted by Gasteiger charge is -2.43. The number of halogens is 1. The minimum atomic E-state index is -0.239. The fraction of sp³-hybridized carbons (Fsp3) is 0.500. The van der Waals surface area contributed by atoms with Gasteiger partial charge in [0.15, 0.2) is 0 Å². The van der Waals surface area contributed by atoms with Crippen LogP contribution in [0.4, 0.5) is 9.52 Å². The summed E-state index contributed by atoms with van der Waals surface area (Å²) in [5.41, 5.74) is 1.79. The van der Waals surface area contributed by atoms with Crippen molar-refractivity contribution in [3.05, 3.63) is 36.3 Å². The third-order valence-electron chi connectivity index (χ3n) is 5.77. The molecule has 1 N–H and O–H groups in total. The summed E-state index contributed by atoms with van der Waals surface area (Å²) in [4.78, 5) is 5.49. The Morgan fingerprint density at radius 1 is 1.19 bits per heavy atom. The molecule has 3 aromatic rings. The van der Waals surface area contributed by atoms with Crippen LogP contribution in [0.5, 0.6) is 0 Å². The Hall–Kier alpha value is -1.99. The molecule has 2 aliphatic rings. The van der Waals surface area contributed by atoms with E-state index in [0.717, 1.165) is 40.8 Å². The SMILES string of the molecule is Fc1ccc(-c2cn3nc(NC4CCOC5(CCCCC5)C4)sc3n2)cc1. The molecule has 5 rings (SSSR count). The van der Waals surface area contributed by atoms with Gasteiger partial charge in [-0.15, -0.1) is 5.10 Å². The highest BCUT2D eigenvalue weighted by Crippen LogP contribution is 2.39. The average molecular weight is 386 g/mol. The standard InChI is InChI=1S/C20H23FN4OS/c21-15-6-4-14(5-7-15)17-13-25-19(23-17)27-18(24-25)22-16-8-11-26-20(12-16)9-2-1-3-10-20/h4-7,13,16H,1-3,8-12H2,(H,22,24). The Kier molecular flexibility index (Phi) is 4.36. The molecule has 1 unspecified atom stereocenters. The number of nitrogens with zero attached hydrogens (tertiary/aromatic N) is 3. The van der Waals surface area contributed by atoms with E-state index in [9.17, 15) is 4.39 Å². The van der Waals surface area contributed by atoms with E-state index in [2.05, 4.69) is 15.4 Å². The molecule has 1 aliphatic carbocycles. The lowest BCUT2D eigenvalue weighted by Crippen LogP contribution is -2.45. The van der Waals surface area contributed by atoms with Gasteiger partial charge in [-0.05, 0) is 49.9 Å². The van der Waals surface area contributed by atoms with Crippen molar-refractivity contribution in [3.63, 3.8) is 0 Å². The van der Waals surface area contributed by atoms with E-state index >= 15 is 0 Å². The quantitative estimate of drug-likeness (QED) is 0.696. The molecule has 0 bridgehead atoms. The van der Waals surface area contributed by atoms with E-state index in [1.165, 1.54) is 44.2 Å². The largest absolute Gasteiger partial charge is 0.375 e. The molecule has 1 aliphatic heterocycles. The number of anilines is 1. The van der Waals surface area contributed by atoms with Crippen molar-refractivity contribution in [3.8, 4) is 11.3 Å². The molecule has 27 heavy (non-hydrogen) atoms. The second-order valence-corrected chi connectivity index (χ2v) is 8.65. The molecule has 0 amide bonds. The zero-order chi connectivity index (χ0) is 18.3. The van der Waals surface area contributed by atoms with Crippen LogP contribution in [0.2, 0.25) is 0 Å². The topological polar surface area (TPSA) is 51.5 Å². The molecule has 1 aromatic carbocycles. The van der Waals surface area contributed by atoms with Gasteiger partial charge in [0.1, 0.15) is 5.82 Å². The number of hydrogen-bond donors (Lipinski definition) is 1. The van der Waals surface area contributed by atoms with Crippen molar-refractivity contribution < 1.29 is 9.13 Å². The lowest BCUT2D eigenvalue weighted by atomic mass is 9.78. The summed E-state index contributed by atoms with van der Waals surface area (Å²) in [5.74, 6) is -0.239. The maximum Gasteiger partial charge on any atom is 0.214 e. The normalized spacial score (nSPS) is 22.3. The van der Waals surface area contributed by atoms with Crippen LogP contribution in [0.15, 0.2) is 30.5 Å². The van der Waals surface area contributed by atoms with Gasteiger partial charge in [0, 0.05) is 18.2 Å². The molecule has 2 aromatic heterocycles. The zero-order valence-electron chi connectivity index (χ0n) is 15.2. The van der Waals surface area contributed by atoms with Crippen molar-refractivity contribution >= 4 is 21.4 Å². The number of aromatic nitrogens is 3. The van der Waals surface area contributed by atoms with Crippen LogP contribution in [-0.2, 0) is 4.74 Å². The fourth-order valence-corrected chi connectivity index (χ4v) is 5.25. The van der Waals surface area contributed by atoms with Crippen LogP contribution in [0, 0.1) is 5.82 Å². The van der Waals surface area contributed by atoms with Crippen molar-refractivity contribution in [2.75, 3.05) is 11.9 Å². The van der Waals surface area contributed by atoms with Crippen molar-refractivity contribution in [1.29, 1.82) is 0 Å². The van der Waals surface area contributed by atoms with Crippen molar-refractivity contribution in [2.45, 2.75) is 56.6 Å². The van der Waals surface area contributed by atoms with E-state index in [1.807, 2.05) is 6.20 Å². The molecule has 142 valence electrons. The molecular formula is C20H23FN4OS. The van der Waals surface area contributed by atoms with Crippen LogP contribution in [0.3, 0.4) is 0 Å². The number of ether oxygens (including phenoxy) is 1. The summed E-state index contributed by atoms with van der Waals surface area (Å²) in [7, 11) is 0. The van der Waals surface area contributed by atoms with Gasteiger partial charge in [-0.2, -0.15) is 0 Å². The molecule has 3 heterocycles. The highest BCUT2D eigenvalue weighted by Gasteiger charge is 2.38. The summed E-state index contributed by atoms with van der Waals surface area (Å²) in [5, 5.41) is 9.17. The lowest BCUT2D eigenvalue weighted by molar-refractivity contribution is -0.103. The van der Waals surface area contributed by atoms with Crippen LogP contribution >= 0.6 is 11.3 Å². The Morgan fingerprint density at radius 3 is 2.78 bits per heavy atom. The molecule has 2 fully saturated rings. The van der Waals surface area contributed by atoms with Crippen LogP contribution in [0.1, 0.15) is 44.9 Å². The predicted octanol–water partition coefficient (Wildman–Crippen LogP) is 4.89.